The fourth-order valence-electron chi connectivity index (χ4n) is 2.44. The molecule has 1 aliphatic rings. The van der Waals surface area contributed by atoms with Crippen molar-refractivity contribution in [1.82, 2.24) is 4.57 Å². The molecule has 0 radical (unpaired) electrons. The Labute approximate surface area is 88.1 Å². The van der Waals surface area contributed by atoms with Gasteiger partial charge in [0.25, 0.3) is 0 Å². The molecule has 0 amide bonds. The van der Waals surface area contributed by atoms with Crippen molar-refractivity contribution in [3.8, 4) is 5.75 Å². The van der Waals surface area contributed by atoms with E-state index in [0.29, 0.717) is 5.75 Å². The van der Waals surface area contributed by atoms with Gasteiger partial charge in [0.1, 0.15) is 5.75 Å². The first-order chi connectivity index (χ1) is 7.25. The molecule has 0 fully saturated rings. The maximum atomic E-state index is 9.47. The standard InChI is InChI=1S/C12H14N2O/c13-10-2-1-5-14-11-7-9(15)4-3-8(11)6-12(10)14/h3-4,6-7,10,15H,1-2,5,13H2. The van der Waals surface area contributed by atoms with E-state index < -0.39 is 0 Å². The van der Waals surface area contributed by atoms with Gasteiger partial charge >= 0.3 is 0 Å². The zero-order valence-corrected chi connectivity index (χ0v) is 8.48. The van der Waals surface area contributed by atoms with Crippen molar-refractivity contribution in [2.75, 3.05) is 0 Å². The molecule has 3 nitrogen and oxygen atoms in total. The molecule has 3 heteroatoms. The maximum Gasteiger partial charge on any atom is 0.117 e. The van der Waals surface area contributed by atoms with Gasteiger partial charge in [0.15, 0.2) is 0 Å². The average Bonchev–Trinajstić information content (AvgIpc) is 2.58. The monoisotopic (exact) mass is 202 g/mol. The van der Waals surface area contributed by atoms with Crippen molar-refractivity contribution in [2.24, 2.45) is 5.73 Å². The van der Waals surface area contributed by atoms with Gasteiger partial charge in [-0.2, -0.15) is 0 Å². The Morgan fingerprint density at radius 3 is 3.07 bits per heavy atom. The minimum absolute atomic E-state index is 0.147. The van der Waals surface area contributed by atoms with Crippen LogP contribution in [0.25, 0.3) is 10.9 Å². The number of phenols is 1. The molecule has 3 N–H and O–H groups in total. The Kier molecular flexibility index (Phi) is 1.76. The van der Waals surface area contributed by atoms with E-state index in [2.05, 4.69) is 10.6 Å². The third-order valence-corrected chi connectivity index (χ3v) is 3.20. The van der Waals surface area contributed by atoms with E-state index in [1.165, 1.54) is 11.1 Å². The van der Waals surface area contributed by atoms with E-state index in [9.17, 15) is 5.11 Å². The molecule has 1 aromatic carbocycles. The number of phenolic OH excluding ortho intramolecular Hbond substituents is 1. The minimum Gasteiger partial charge on any atom is -0.508 e. The molecule has 15 heavy (non-hydrogen) atoms. The first kappa shape index (κ1) is 8.80. The number of aromatic nitrogens is 1. The summed E-state index contributed by atoms with van der Waals surface area (Å²) >= 11 is 0. The summed E-state index contributed by atoms with van der Waals surface area (Å²) in [4.78, 5) is 0. The SMILES string of the molecule is NC1CCCn2c1cc1ccc(O)cc12. The van der Waals surface area contributed by atoms with E-state index in [-0.39, 0.29) is 6.04 Å². The highest BCUT2D eigenvalue weighted by atomic mass is 16.3. The minimum atomic E-state index is 0.147. The first-order valence-corrected chi connectivity index (χ1v) is 5.33. The Morgan fingerprint density at radius 1 is 1.33 bits per heavy atom. The van der Waals surface area contributed by atoms with E-state index in [1.807, 2.05) is 12.1 Å². The van der Waals surface area contributed by atoms with E-state index in [4.69, 9.17) is 5.73 Å². The summed E-state index contributed by atoms with van der Waals surface area (Å²) in [6.45, 7) is 1.01. The molecule has 2 aromatic rings. The molecule has 1 unspecified atom stereocenters. The van der Waals surface area contributed by atoms with Crippen LogP contribution in [-0.4, -0.2) is 9.67 Å². The second-order valence-electron chi connectivity index (χ2n) is 4.21. The molecular formula is C12H14N2O. The maximum absolute atomic E-state index is 9.47. The number of nitrogens with two attached hydrogens (primary N) is 1. The number of fused-ring (bicyclic) bond motifs is 3. The van der Waals surface area contributed by atoms with Crippen LogP contribution in [0.4, 0.5) is 0 Å². The lowest BCUT2D eigenvalue weighted by atomic mass is 10.1. The molecule has 78 valence electrons. The van der Waals surface area contributed by atoms with Crippen molar-refractivity contribution >= 4 is 10.9 Å². The van der Waals surface area contributed by atoms with E-state index in [0.717, 1.165) is 24.9 Å². The third kappa shape index (κ3) is 1.23. The topological polar surface area (TPSA) is 51.2 Å². The number of aromatic hydroxyl groups is 1. The lowest BCUT2D eigenvalue weighted by Gasteiger charge is -2.21. The second-order valence-corrected chi connectivity index (χ2v) is 4.21. The van der Waals surface area contributed by atoms with Crippen LogP contribution in [-0.2, 0) is 6.54 Å². The Bertz CT molecular complexity index is 516. The van der Waals surface area contributed by atoms with Crippen molar-refractivity contribution in [2.45, 2.75) is 25.4 Å². The molecule has 0 saturated carbocycles. The van der Waals surface area contributed by atoms with Crippen LogP contribution >= 0.6 is 0 Å². The number of hydrogen-bond donors (Lipinski definition) is 2. The predicted octanol–water partition coefficient (Wildman–Crippen LogP) is 2.14. The van der Waals surface area contributed by atoms with Crippen LogP contribution in [0.2, 0.25) is 0 Å². The normalized spacial score (nSPS) is 20.5. The number of benzene rings is 1. The van der Waals surface area contributed by atoms with Gasteiger partial charge in [0.2, 0.25) is 0 Å². The Morgan fingerprint density at radius 2 is 2.20 bits per heavy atom. The molecule has 2 heterocycles. The fraction of sp³-hybridized carbons (Fsp3) is 0.333. The molecule has 0 aliphatic carbocycles. The van der Waals surface area contributed by atoms with Crippen LogP contribution in [0, 0.1) is 0 Å². The van der Waals surface area contributed by atoms with Crippen molar-refractivity contribution in [3.63, 3.8) is 0 Å². The number of rotatable bonds is 0. The van der Waals surface area contributed by atoms with Crippen molar-refractivity contribution < 1.29 is 5.11 Å². The Balaban J connectivity index is 2.31. The molecule has 1 aliphatic heterocycles. The van der Waals surface area contributed by atoms with Crippen LogP contribution in [0.5, 0.6) is 5.75 Å². The van der Waals surface area contributed by atoms with Gasteiger partial charge in [-0.1, -0.05) is 0 Å². The van der Waals surface area contributed by atoms with Gasteiger partial charge < -0.3 is 15.4 Å². The third-order valence-electron chi connectivity index (χ3n) is 3.20. The zero-order chi connectivity index (χ0) is 10.4. The molecule has 0 saturated heterocycles. The summed E-state index contributed by atoms with van der Waals surface area (Å²) in [6, 6.07) is 7.77. The van der Waals surface area contributed by atoms with Gasteiger partial charge in [-0.25, -0.2) is 0 Å². The van der Waals surface area contributed by atoms with Gasteiger partial charge in [-0.15, -0.1) is 0 Å². The molecule has 1 aromatic heterocycles. The molecule has 0 bridgehead atoms. The largest absolute Gasteiger partial charge is 0.508 e. The second kappa shape index (κ2) is 3.00. The van der Waals surface area contributed by atoms with Crippen LogP contribution in [0.15, 0.2) is 24.3 Å². The summed E-state index contributed by atoms with van der Waals surface area (Å²) in [6.07, 6.45) is 2.18. The van der Waals surface area contributed by atoms with E-state index in [1.54, 1.807) is 6.07 Å². The lowest BCUT2D eigenvalue weighted by Crippen LogP contribution is -2.20. The summed E-state index contributed by atoms with van der Waals surface area (Å²) in [7, 11) is 0. The zero-order valence-electron chi connectivity index (χ0n) is 8.48. The highest BCUT2D eigenvalue weighted by molar-refractivity contribution is 5.83. The summed E-state index contributed by atoms with van der Waals surface area (Å²) in [5, 5.41) is 10.6. The van der Waals surface area contributed by atoms with Crippen LogP contribution < -0.4 is 5.73 Å². The van der Waals surface area contributed by atoms with Crippen LogP contribution in [0.1, 0.15) is 24.6 Å². The smallest absolute Gasteiger partial charge is 0.117 e. The fourth-order valence-corrected chi connectivity index (χ4v) is 2.44. The van der Waals surface area contributed by atoms with E-state index >= 15 is 0 Å². The van der Waals surface area contributed by atoms with Gasteiger partial charge in [0, 0.05) is 29.7 Å². The van der Waals surface area contributed by atoms with Gasteiger partial charge in [-0.05, 0) is 31.0 Å². The first-order valence-electron chi connectivity index (χ1n) is 5.33. The summed E-state index contributed by atoms with van der Waals surface area (Å²) in [5.74, 6) is 0.322. The molecule has 3 rings (SSSR count). The highest BCUT2D eigenvalue weighted by Crippen LogP contribution is 2.31. The predicted molar refractivity (Wildman–Crippen MR) is 59.8 cm³/mol. The number of hydrogen-bond acceptors (Lipinski definition) is 2. The number of nitrogens with zero attached hydrogens (tertiary/aromatic N) is 1. The van der Waals surface area contributed by atoms with Crippen LogP contribution in [0.3, 0.4) is 0 Å². The quantitative estimate of drug-likeness (QED) is 0.687. The molecule has 1 atom stereocenters. The highest BCUT2D eigenvalue weighted by Gasteiger charge is 2.19. The van der Waals surface area contributed by atoms with Crippen molar-refractivity contribution in [3.05, 3.63) is 30.0 Å². The molecular weight excluding hydrogens is 188 g/mol. The van der Waals surface area contributed by atoms with Crippen molar-refractivity contribution in [1.29, 1.82) is 0 Å². The van der Waals surface area contributed by atoms with Gasteiger partial charge in [0.05, 0.1) is 5.52 Å². The summed E-state index contributed by atoms with van der Waals surface area (Å²) < 4.78 is 2.23. The lowest BCUT2D eigenvalue weighted by molar-refractivity contribution is 0.466. The number of aryl methyl sites for hydroxylation is 1. The Hall–Kier alpha value is -1.48. The average molecular weight is 202 g/mol. The molecule has 0 spiro atoms. The van der Waals surface area contributed by atoms with Gasteiger partial charge in [-0.3, -0.25) is 0 Å². The summed E-state index contributed by atoms with van der Waals surface area (Å²) in [5.41, 5.74) is 8.36.